The summed E-state index contributed by atoms with van der Waals surface area (Å²) in [5.41, 5.74) is 7.95. The fraction of sp³-hybridized carbons (Fsp3) is 0.333. The monoisotopic (exact) mass is 284 g/mol. The van der Waals surface area contributed by atoms with Crippen LogP contribution in [-0.4, -0.2) is 27.6 Å². The Morgan fingerprint density at radius 3 is 2.56 bits per heavy atom. The van der Waals surface area contributed by atoms with E-state index in [-0.39, 0.29) is 12.4 Å². The molecule has 98 valence electrons. The van der Waals surface area contributed by atoms with Gasteiger partial charge in [0.15, 0.2) is 0 Å². The predicted octanol–water partition coefficient (Wildman–Crippen LogP) is 1.92. The molecular weight excluding hydrogens is 268 g/mol. The molecule has 0 bridgehead atoms. The molecule has 1 heterocycles. The molecule has 0 saturated heterocycles. The second-order valence-electron chi connectivity index (χ2n) is 3.88. The highest BCUT2D eigenvalue weighted by Gasteiger charge is 2.07. The van der Waals surface area contributed by atoms with Gasteiger partial charge in [-0.2, -0.15) is 0 Å². The van der Waals surface area contributed by atoms with Crippen LogP contribution in [0.15, 0.2) is 35.7 Å². The van der Waals surface area contributed by atoms with Gasteiger partial charge in [-0.05, 0) is 17.1 Å². The molecule has 0 amide bonds. The highest BCUT2D eigenvalue weighted by molar-refractivity contribution is 7.03. The third-order valence-electron chi connectivity index (χ3n) is 2.49. The molecule has 1 aromatic carbocycles. The molecule has 0 radical (unpaired) electrons. The van der Waals surface area contributed by atoms with E-state index in [1.54, 1.807) is 0 Å². The van der Waals surface area contributed by atoms with Gasteiger partial charge >= 0.3 is 0 Å². The maximum absolute atomic E-state index is 5.64. The second kappa shape index (κ2) is 8.16. The topological polar surface area (TPSA) is 55.0 Å². The summed E-state index contributed by atoms with van der Waals surface area (Å²) in [6.45, 7) is 3.23. The van der Waals surface area contributed by atoms with E-state index >= 15 is 0 Å². The molecule has 0 aliphatic rings. The van der Waals surface area contributed by atoms with Crippen LogP contribution >= 0.6 is 23.9 Å². The summed E-state index contributed by atoms with van der Waals surface area (Å²) in [7, 11) is 0. The SMILES string of the molecule is Cl.NCCN(Cc1ccccc1)Cc1csnn1. The number of rotatable bonds is 6. The average Bonchev–Trinajstić information content (AvgIpc) is 2.83. The lowest BCUT2D eigenvalue weighted by Gasteiger charge is -2.20. The fourth-order valence-electron chi connectivity index (χ4n) is 1.72. The van der Waals surface area contributed by atoms with Gasteiger partial charge in [0.05, 0.1) is 5.69 Å². The van der Waals surface area contributed by atoms with E-state index in [1.165, 1.54) is 17.1 Å². The van der Waals surface area contributed by atoms with E-state index in [4.69, 9.17) is 5.73 Å². The largest absolute Gasteiger partial charge is 0.329 e. The summed E-state index contributed by atoms with van der Waals surface area (Å²) in [4.78, 5) is 2.28. The summed E-state index contributed by atoms with van der Waals surface area (Å²) >= 11 is 1.39. The van der Waals surface area contributed by atoms with E-state index in [1.807, 2.05) is 11.4 Å². The predicted molar refractivity (Wildman–Crippen MR) is 76.8 cm³/mol. The highest BCUT2D eigenvalue weighted by Crippen LogP contribution is 2.08. The Hall–Kier alpha value is -1.01. The zero-order chi connectivity index (χ0) is 11.9. The van der Waals surface area contributed by atoms with E-state index in [9.17, 15) is 0 Å². The first-order chi connectivity index (χ1) is 8.38. The maximum atomic E-state index is 5.64. The molecule has 2 N–H and O–H groups in total. The Balaban J connectivity index is 0.00000162. The number of nitrogens with two attached hydrogens (primary N) is 1. The first kappa shape index (κ1) is 15.0. The first-order valence-corrected chi connectivity index (χ1v) is 6.44. The lowest BCUT2D eigenvalue weighted by Crippen LogP contribution is -2.28. The van der Waals surface area contributed by atoms with Crippen LogP contribution in [0.25, 0.3) is 0 Å². The van der Waals surface area contributed by atoms with Crippen molar-refractivity contribution in [3.63, 3.8) is 0 Å². The molecule has 0 unspecified atom stereocenters. The van der Waals surface area contributed by atoms with Gasteiger partial charge in [-0.1, -0.05) is 34.8 Å². The van der Waals surface area contributed by atoms with Crippen molar-refractivity contribution in [3.05, 3.63) is 47.0 Å². The molecule has 0 spiro atoms. The molecule has 4 nitrogen and oxygen atoms in total. The van der Waals surface area contributed by atoms with E-state index in [0.717, 1.165) is 25.3 Å². The number of hydrogen-bond donors (Lipinski definition) is 1. The van der Waals surface area contributed by atoms with Crippen molar-refractivity contribution in [2.24, 2.45) is 5.73 Å². The molecule has 0 aliphatic heterocycles. The minimum Gasteiger partial charge on any atom is -0.329 e. The van der Waals surface area contributed by atoms with Crippen LogP contribution in [-0.2, 0) is 13.1 Å². The van der Waals surface area contributed by atoms with Crippen molar-refractivity contribution in [1.82, 2.24) is 14.5 Å². The van der Waals surface area contributed by atoms with Crippen molar-refractivity contribution in [2.75, 3.05) is 13.1 Å². The van der Waals surface area contributed by atoms with Crippen LogP contribution in [0.4, 0.5) is 0 Å². The van der Waals surface area contributed by atoms with Gasteiger partial charge < -0.3 is 5.73 Å². The summed E-state index contributed by atoms with van der Waals surface area (Å²) in [6.07, 6.45) is 0. The van der Waals surface area contributed by atoms with Gasteiger partial charge in [-0.15, -0.1) is 17.5 Å². The molecule has 0 aliphatic carbocycles. The number of benzene rings is 1. The summed E-state index contributed by atoms with van der Waals surface area (Å²) < 4.78 is 3.88. The summed E-state index contributed by atoms with van der Waals surface area (Å²) in [5, 5.41) is 6.05. The van der Waals surface area contributed by atoms with Crippen LogP contribution < -0.4 is 5.73 Å². The van der Waals surface area contributed by atoms with Crippen LogP contribution in [0, 0.1) is 0 Å². The van der Waals surface area contributed by atoms with Crippen LogP contribution in [0.2, 0.25) is 0 Å². The third kappa shape index (κ3) is 4.70. The van der Waals surface area contributed by atoms with Crippen molar-refractivity contribution >= 4 is 23.9 Å². The standard InChI is InChI=1S/C12H16N4S.ClH/c13-6-7-16(9-12-10-17-15-14-12)8-11-4-2-1-3-5-11;/h1-5,10H,6-9,13H2;1H. The number of halogens is 1. The fourth-order valence-corrected chi connectivity index (χ4v) is 2.16. The molecule has 0 atom stereocenters. The van der Waals surface area contributed by atoms with Crippen LogP contribution in [0.3, 0.4) is 0 Å². The summed E-state index contributed by atoms with van der Waals surface area (Å²) in [6, 6.07) is 10.4. The Labute approximate surface area is 117 Å². The summed E-state index contributed by atoms with van der Waals surface area (Å²) in [5.74, 6) is 0. The Morgan fingerprint density at radius 2 is 1.94 bits per heavy atom. The molecule has 0 fully saturated rings. The molecule has 2 aromatic rings. The quantitative estimate of drug-likeness (QED) is 0.881. The molecule has 0 saturated carbocycles. The van der Waals surface area contributed by atoms with Crippen LogP contribution in [0.1, 0.15) is 11.3 Å². The minimum atomic E-state index is 0. The van der Waals surface area contributed by atoms with Gasteiger partial charge in [-0.3, -0.25) is 4.90 Å². The Bertz CT molecular complexity index is 421. The molecular formula is C12H17ClN4S. The van der Waals surface area contributed by atoms with Crippen molar-refractivity contribution < 1.29 is 0 Å². The van der Waals surface area contributed by atoms with E-state index < -0.39 is 0 Å². The maximum Gasteiger partial charge on any atom is 0.0895 e. The Kier molecular flexibility index (Phi) is 6.82. The van der Waals surface area contributed by atoms with E-state index in [2.05, 4.69) is 38.8 Å². The smallest absolute Gasteiger partial charge is 0.0895 e. The first-order valence-electron chi connectivity index (χ1n) is 5.61. The second-order valence-corrected chi connectivity index (χ2v) is 4.49. The van der Waals surface area contributed by atoms with E-state index in [0.29, 0.717) is 6.54 Å². The zero-order valence-electron chi connectivity index (χ0n) is 10.0. The van der Waals surface area contributed by atoms with Gasteiger partial charge in [0.2, 0.25) is 0 Å². The minimum absolute atomic E-state index is 0. The van der Waals surface area contributed by atoms with Gasteiger partial charge in [0.1, 0.15) is 0 Å². The molecule has 1 aromatic heterocycles. The third-order valence-corrected chi connectivity index (χ3v) is 3.04. The number of hydrogen-bond acceptors (Lipinski definition) is 5. The molecule has 2 rings (SSSR count). The van der Waals surface area contributed by atoms with Crippen molar-refractivity contribution in [1.29, 1.82) is 0 Å². The van der Waals surface area contributed by atoms with Gasteiger partial charge in [-0.25, -0.2) is 0 Å². The highest BCUT2D eigenvalue weighted by atomic mass is 35.5. The lowest BCUT2D eigenvalue weighted by molar-refractivity contribution is 0.261. The van der Waals surface area contributed by atoms with Gasteiger partial charge in [0.25, 0.3) is 0 Å². The lowest BCUT2D eigenvalue weighted by atomic mass is 10.2. The Morgan fingerprint density at radius 1 is 1.17 bits per heavy atom. The molecule has 18 heavy (non-hydrogen) atoms. The number of nitrogens with zero attached hydrogens (tertiary/aromatic N) is 3. The van der Waals surface area contributed by atoms with Gasteiger partial charge in [0, 0.05) is 31.6 Å². The zero-order valence-corrected chi connectivity index (χ0v) is 11.7. The van der Waals surface area contributed by atoms with Crippen LogP contribution in [0.5, 0.6) is 0 Å². The van der Waals surface area contributed by atoms with Crippen molar-refractivity contribution in [2.45, 2.75) is 13.1 Å². The normalized spacial score (nSPS) is 10.3. The number of aromatic nitrogens is 2. The van der Waals surface area contributed by atoms with Crippen molar-refractivity contribution in [3.8, 4) is 0 Å². The molecule has 6 heteroatoms. The average molecular weight is 285 g/mol.